The quantitative estimate of drug-likeness (QED) is 0.618. The van der Waals surface area contributed by atoms with Gasteiger partial charge in [0.2, 0.25) is 0 Å². The molecule has 88 valence electrons. The fourth-order valence-corrected chi connectivity index (χ4v) is 4.14. The van der Waals surface area contributed by atoms with Crippen molar-refractivity contribution in [1.29, 1.82) is 0 Å². The summed E-state index contributed by atoms with van der Waals surface area (Å²) in [7, 11) is 0. The lowest BCUT2D eigenvalue weighted by Gasteiger charge is -2.27. The second kappa shape index (κ2) is 5.46. The summed E-state index contributed by atoms with van der Waals surface area (Å²) in [4.78, 5) is 14.1. The summed E-state index contributed by atoms with van der Waals surface area (Å²) in [5.41, 5.74) is 1.26. The van der Waals surface area contributed by atoms with Crippen LogP contribution in [0, 0.1) is 10.5 Å². The largest absolute Gasteiger partial charge is 0.378 e. The average molecular weight is 351 g/mol. The summed E-state index contributed by atoms with van der Waals surface area (Å²) in [6, 6.07) is 0. The highest BCUT2D eigenvalue weighted by Gasteiger charge is 2.19. The van der Waals surface area contributed by atoms with Gasteiger partial charge in [-0.1, -0.05) is 0 Å². The first-order valence-electron chi connectivity index (χ1n) is 5.28. The van der Waals surface area contributed by atoms with E-state index in [1.807, 2.05) is 0 Å². The minimum atomic E-state index is 0.539. The summed E-state index contributed by atoms with van der Waals surface area (Å²) >= 11 is 4.13. The van der Waals surface area contributed by atoms with E-state index in [4.69, 9.17) is 4.74 Å². The Morgan fingerprint density at radius 1 is 1.50 bits per heavy atom. The molecular formula is C11H14INO2S. The molecule has 1 aliphatic rings. The molecule has 0 bridgehead atoms. The topological polar surface area (TPSA) is 29.5 Å². The third-order valence-corrected chi connectivity index (χ3v) is 5.78. The van der Waals surface area contributed by atoms with Crippen molar-refractivity contribution in [3.63, 3.8) is 0 Å². The maximum Gasteiger partial charge on any atom is 0.125 e. The maximum absolute atomic E-state index is 10.6. The second-order valence-corrected chi connectivity index (χ2v) is 5.90. The maximum atomic E-state index is 10.6. The van der Waals surface area contributed by atoms with E-state index in [0.717, 1.165) is 32.6 Å². The number of morpholine rings is 1. The van der Waals surface area contributed by atoms with Gasteiger partial charge < -0.3 is 14.4 Å². The SMILES string of the molecule is Cc1c(CC=O)sc(N2CCOCC2)c1I. The van der Waals surface area contributed by atoms with Gasteiger partial charge in [0.05, 0.1) is 16.8 Å². The van der Waals surface area contributed by atoms with Crippen molar-refractivity contribution in [3.8, 4) is 0 Å². The minimum Gasteiger partial charge on any atom is -0.378 e. The van der Waals surface area contributed by atoms with Gasteiger partial charge >= 0.3 is 0 Å². The van der Waals surface area contributed by atoms with E-state index in [1.54, 1.807) is 11.3 Å². The monoisotopic (exact) mass is 351 g/mol. The number of carbonyl (C=O) groups is 1. The number of halogens is 1. The van der Waals surface area contributed by atoms with Crippen molar-refractivity contribution in [2.75, 3.05) is 31.2 Å². The van der Waals surface area contributed by atoms with E-state index in [9.17, 15) is 4.79 Å². The van der Waals surface area contributed by atoms with Crippen molar-refractivity contribution < 1.29 is 9.53 Å². The highest BCUT2D eigenvalue weighted by Crippen LogP contribution is 2.37. The van der Waals surface area contributed by atoms with Crippen LogP contribution in [-0.2, 0) is 16.0 Å². The van der Waals surface area contributed by atoms with Gasteiger partial charge in [-0.15, -0.1) is 11.3 Å². The summed E-state index contributed by atoms with van der Waals surface area (Å²) < 4.78 is 6.64. The van der Waals surface area contributed by atoms with E-state index in [1.165, 1.54) is 19.0 Å². The molecule has 1 aromatic heterocycles. The smallest absolute Gasteiger partial charge is 0.125 e. The number of anilines is 1. The van der Waals surface area contributed by atoms with E-state index >= 15 is 0 Å². The first kappa shape index (κ1) is 12.3. The van der Waals surface area contributed by atoms with Crippen LogP contribution in [-0.4, -0.2) is 32.6 Å². The van der Waals surface area contributed by atoms with Crippen LogP contribution in [0.3, 0.4) is 0 Å². The average Bonchev–Trinajstić information content (AvgIpc) is 2.59. The van der Waals surface area contributed by atoms with Crippen molar-refractivity contribution in [1.82, 2.24) is 0 Å². The molecule has 0 amide bonds. The lowest BCUT2D eigenvalue weighted by Crippen LogP contribution is -2.36. The second-order valence-electron chi connectivity index (χ2n) is 3.74. The number of hydrogen-bond acceptors (Lipinski definition) is 4. The number of hydrogen-bond donors (Lipinski definition) is 0. The Labute approximate surface area is 113 Å². The van der Waals surface area contributed by atoms with Gasteiger partial charge in [-0.05, 0) is 35.1 Å². The van der Waals surface area contributed by atoms with Crippen LogP contribution in [0.4, 0.5) is 5.00 Å². The van der Waals surface area contributed by atoms with E-state index in [0.29, 0.717) is 6.42 Å². The molecule has 0 radical (unpaired) electrons. The number of rotatable bonds is 3. The third-order valence-electron chi connectivity index (χ3n) is 2.72. The molecule has 5 heteroatoms. The van der Waals surface area contributed by atoms with Gasteiger partial charge in [-0.2, -0.15) is 0 Å². The summed E-state index contributed by atoms with van der Waals surface area (Å²) in [6.07, 6.45) is 1.52. The molecule has 1 saturated heterocycles. The lowest BCUT2D eigenvalue weighted by molar-refractivity contribution is -0.107. The summed E-state index contributed by atoms with van der Waals surface area (Å²) in [5.74, 6) is 0. The number of aldehydes is 1. The van der Waals surface area contributed by atoms with Crippen LogP contribution in [0.25, 0.3) is 0 Å². The normalized spacial score (nSPS) is 16.5. The van der Waals surface area contributed by atoms with Crippen LogP contribution < -0.4 is 4.90 Å². The lowest BCUT2D eigenvalue weighted by atomic mass is 10.2. The molecule has 1 aromatic rings. The Morgan fingerprint density at radius 2 is 2.19 bits per heavy atom. The fraction of sp³-hybridized carbons (Fsp3) is 0.545. The molecule has 3 nitrogen and oxygen atoms in total. The molecule has 16 heavy (non-hydrogen) atoms. The standard InChI is InChI=1S/C11H14INO2S/c1-8-9(2-5-14)16-11(10(8)12)13-3-6-15-7-4-13/h5H,2-4,6-7H2,1H3. The van der Waals surface area contributed by atoms with Crippen LogP contribution in [0.1, 0.15) is 10.4 Å². The number of carbonyl (C=O) groups excluding carboxylic acids is 1. The van der Waals surface area contributed by atoms with Crippen molar-refractivity contribution in [3.05, 3.63) is 14.0 Å². The Morgan fingerprint density at radius 3 is 2.81 bits per heavy atom. The molecule has 0 unspecified atom stereocenters. The van der Waals surface area contributed by atoms with Crippen molar-refractivity contribution in [2.45, 2.75) is 13.3 Å². The van der Waals surface area contributed by atoms with Crippen molar-refractivity contribution in [2.24, 2.45) is 0 Å². The Kier molecular flexibility index (Phi) is 4.21. The van der Waals surface area contributed by atoms with Crippen LogP contribution in [0.15, 0.2) is 0 Å². The zero-order chi connectivity index (χ0) is 11.5. The van der Waals surface area contributed by atoms with E-state index < -0.39 is 0 Å². The van der Waals surface area contributed by atoms with Gasteiger partial charge in [-0.3, -0.25) is 0 Å². The molecule has 2 heterocycles. The summed E-state index contributed by atoms with van der Waals surface area (Å²) in [5, 5.41) is 1.30. The fourth-order valence-electron chi connectivity index (χ4n) is 1.76. The third kappa shape index (κ3) is 2.41. The zero-order valence-corrected chi connectivity index (χ0v) is 12.1. The highest BCUT2D eigenvalue weighted by atomic mass is 127. The van der Waals surface area contributed by atoms with Crippen molar-refractivity contribution >= 4 is 45.2 Å². The predicted molar refractivity (Wildman–Crippen MR) is 74.6 cm³/mol. The number of ether oxygens (including phenoxy) is 1. The first-order valence-corrected chi connectivity index (χ1v) is 7.17. The molecule has 0 spiro atoms. The number of thiophene rings is 1. The molecule has 0 N–H and O–H groups in total. The van der Waals surface area contributed by atoms with Gasteiger partial charge in [0.25, 0.3) is 0 Å². The predicted octanol–water partition coefficient (Wildman–Crippen LogP) is 2.24. The molecule has 1 aliphatic heterocycles. The highest BCUT2D eigenvalue weighted by molar-refractivity contribution is 14.1. The molecule has 0 atom stereocenters. The van der Waals surface area contributed by atoms with Gasteiger partial charge in [-0.25, -0.2) is 0 Å². The van der Waals surface area contributed by atoms with E-state index in [2.05, 4.69) is 34.4 Å². The molecule has 0 saturated carbocycles. The molecule has 0 aliphatic carbocycles. The number of nitrogens with zero attached hydrogens (tertiary/aromatic N) is 1. The Hall–Kier alpha value is -0.140. The first-order chi connectivity index (χ1) is 7.74. The zero-order valence-electron chi connectivity index (χ0n) is 9.16. The summed E-state index contributed by atoms with van der Waals surface area (Å²) in [6.45, 7) is 5.61. The van der Waals surface area contributed by atoms with Gasteiger partial charge in [0.15, 0.2) is 0 Å². The van der Waals surface area contributed by atoms with Gasteiger partial charge in [0.1, 0.15) is 11.3 Å². The van der Waals surface area contributed by atoms with Crippen LogP contribution in [0.5, 0.6) is 0 Å². The Bertz CT molecular complexity index is 386. The Balaban J connectivity index is 2.25. The molecular weight excluding hydrogens is 337 g/mol. The van der Waals surface area contributed by atoms with E-state index in [-0.39, 0.29) is 0 Å². The van der Waals surface area contributed by atoms with Gasteiger partial charge in [0, 0.05) is 24.4 Å². The molecule has 1 fully saturated rings. The molecule has 2 rings (SSSR count). The van der Waals surface area contributed by atoms with Crippen LogP contribution in [0.2, 0.25) is 0 Å². The molecule has 0 aromatic carbocycles. The van der Waals surface area contributed by atoms with Crippen LogP contribution >= 0.6 is 33.9 Å². The minimum absolute atomic E-state index is 0.539.